The van der Waals surface area contributed by atoms with Crippen molar-refractivity contribution in [3.63, 3.8) is 0 Å². The second kappa shape index (κ2) is 17.1. The van der Waals surface area contributed by atoms with E-state index in [-0.39, 0.29) is 29.1 Å². The fourth-order valence-electron chi connectivity index (χ4n) is 3.60. The third kappa shape index (κ3) is 11.0. The predicted molar refractivity (Wildman–Crippen MR) is 143 cm³/mol. The molecule has 0 spiro atoms. The number of benzene rings is 1. The van der Waals surface area contributed by atoms with Crippen LogP contribution in [0.3, 0.4) is 0 Å². The van der Waals surface area contributed by atoms with E-state index in [2.05, 4.69) is 32.9 Å². The van der Waals surface area contributed by atoms with Crippen LogP contribution in [0.15, 0.2) is 23.1 Å². The first-order valence-electron chi connectivity index (χ1n) is 12.4. The van der Waals surface area contributed by atoms with E-state index in [1.165, 1.54) is 11.5 Å². The Hall–Kier alpha value is -4.84. The van der Waals surface area contributed by atoms with E-state index in [0.717, 1.165) is 23.9 Å². The average molecular weight is 607 g/mol. The van der Waals surface area contributed by atoms with Crippen LogP contribution >= 0.6 is 11.8 Å². The van der Waals surface area contributed by atoms with Gasteiger partial charge in [0.1, 0.15) is 24.7 Å². The summed E-state index contributed by atoms with van der Waals surface area (Å²) >= 11 is 0.858. The summed E-state index contributed by atoms with van der Waals surface area (Å²) in [5.41, 5.74) is 0.644. The van der Waals surface area contributed by atoms with Crippen molar-refractivity contribution in [1.29, 1.82) is 0 Å². The molecule has 16 nitrogen and oxygen atoms in total. The predicted octanol–water partition coefficient (Wildman–Crippen LogP) is -1.09. The van der Waals surface area contributed by atoms with Crippen molar-refractivity contribution in [2.24, 2.45) is 0 Å². The molecular formula is C25H28N5O11S+. The number of nitrogens with one attached hydrogen (secondary N) is 3. The number of quaternary nitrogens is 1. The molecule has 1 aliphatic rings. The fraction of sp³-hybridized carbons (Fsp3) is 0.400. The molecule has 0 radical (unpaired) electrons. The maximum absolute atomic E-state index is 13.2. The highest BCUT2D eigenvalue weighted by molar-refractivity contribution is 7.99. The van der Waals surface area contributed by atoms with Crippen LogP contribution in [0.5, 0.6) is 0 Å². The van der Waals surface area contributed by atoms with E-state index < -0.39 is 64.8 Å². The van der Waals surface area contributed by atoms with E-state index in [0.29, 0.717) is 19.4 Å². The van der Waals surface area contributed by atoms with Gasteiger partial charge in [-0.3, -0.25) is 29.3 Å². The molecular weight excluding hydrogens is 578 g/mol. The highest BCUT2D eigenvalue weighted by Gasteiger charge is 2.32. The monoisotopic (exact) mass is 606 g/mol. The molecule has 2 rings (SSSR count). The van der Waals surface area contributed by atoms with Gasteiger partial charge >= 0.3 is 11.9 Å². The van der Waals surface area contributed by atoms with Crippen LogP contribution in [0.25, 0.3) is 0 Å². The molecule has 17 heteroatoms. The lowest BCUT2D eigenvalue weighted by molar-refractivity contribution is -0.960. The van der Waals surface area contributed by atoms with E-state index in [9.17, 15) is 39.2 Å². The van der Waals surface area contributed by atoms with Gasteiger partial charge < -0.3 is 26.2 Å². The van der Waals surface area contributed by atoms with Crippen LogP contribution in [0, 0.1) is 34.5 Å². The van der Waals surface area contributed by atoms with Gasteiger partial charge in [0.05, 0.1) is 10.5 Å². The number of carbonyl (C=O) groups is 5. The second-order valence-corrected chi connectivity index (χ2v) is 9.73. The van der Waals surface area contributed by atoms with Crippen LogP contribution < -0.4 is 21.4 Å². The minimum Gasteiger partial charge on any atom is -0.481 e. The first-order chi connectivity index (χ1) is 20.0. The summed E-state index contributed by atoms with van der Waals surface area (Å²) in [4.78, 5) is 82.5. The summed E-state index contributed by atoms with van der Waals surface area (Å²) in [6, 6.07) is -0.777. The molecule has 0 fully saturated rings. The van der Waals surface area contributed by atoms with Crippen LogP contribution in [0.1, 0.15) is 42.5 Å². The number of nitro benzene ring substituents is 1. The number of carbonyl (C=O) groups excluding carboxylic acids is 3. The summed E-state index contributed by atoms with van der Waals surface area (Å²) in [5.74, 6) is -1.31. The van der Waals surface area contributed by atoms with Gasteiger partial charge in [0.15, 0.2) is 6.11 Å². The Labute approximate surface area is 243 Å². The number of nitrogens with two attached hydrogens (primary N) is 1. The highest BCUT2D eigenvalue weighted by atomic mass is 32.2. The maximum atomic E-state index is 13.2. The van der Waals surface area contributed by atoms with Crippen molar-refractivity contribution in [3.05, 3.63) is 33.9 Å². The molecule has 3 amide bonds. The number of rotatable bonds is 12. The number of hydrogen-bond acceptors (Lipinski definition) is 10. The smallest absolute Gasteiger partial charge is 0.327 e. The molecule has 1 aromatic rings. The summed E-state index contributed by atoms with van der Waals surface area (Å²) in [6.45, 7) is 0.357. The van der Waals surface area contributed by atoms with Crippen molar-refractivity contribution in [2.45, 2.75) is 55.1 Å². The summed E-state index contributed by atoms with van der Waals surface area (Å²) in [7, 11) is 0. The largest absolute Gasteiger partial charge is 0.481 e. The molecule has 0 aromatic heterocycles. The number of terminal acetylenes is 1. The topological polar surface area (TPSA) is 240 Å². The van der Waals surface area contributed by atoms with Crippen molar-refractivity contribution in [1.82, 2.24) is 16.0 Å². The van der Waals surface area contributed by atoms with Gasteiger partial charge in [0.2, 0.25) is 11.8 Å². The fourth-order valence-corrected chi connectivity index (χ4v) is 4.64. The molecule has 1 aliphatic heterocycles. The number of carboxylic acids is 2. The summed E-state index contributed by atoms with van der Waals surface area (Å²) in [5, 5.41) is 37.4. The number of thioether (sulfide) groups is 1. The lowest BCUT2D eigenvalue weighted by Crippen LogP contribution is -2.82. The SMILES string of the molecule is C#CC#COO[NH2+]CCCCC1NC(=O)[C@H](CCC(=O)O)NC(=O)c2cc([N+](=O)[O-])ccc2SC[C@@H](C(=O)O)NC1=O. The number of non-ortho nitro benzene ring substituents is 1. The molecule has 3 atom stereocenters. The summed E-state index contributed by atoms with van der Waals surface area (Å²) < 4.78 is 0. The zero-order chi connectivity index (χ0) is 31.1. The lowest BCUT2D eigenvalue weighted by atomic mass is 10.1. The normalized spacial score (nSPS) is 18.9. The molecule has 0 saturated heterocycles. The van der Waals surface area contributed by atoms with E-state index in [4.69, 9.17) is 16.5 Å². The number of hydrogen-bond donors (Lipinski definition) is 6. The van der Waals surface area contributed by atoms with Crippen LogP contribution in [0.4, 0.5) is 5.69 Å². The van der Waals surface area contributed by atoms with Crippen LogP contribution in [0.2, 0.25) is 0 Å². The zero-order valence-corrected chi connectivity index (χ0v) is 22.8. The molecule has 1 heterocycles. The molecule has 42 heavy (non-hydrogen) atoms. The molecule has 224 valence electrons. The minimum absolute atomic E-state index is 0.0503. The number of amides is 3. The Bertz CT molecular complexity index is 1300. The van der Waals surface area contributed by atoms with Crippen molar-refractivity contribution < 1.29 is 54.5 Å². The molecule has 1 aromatic carbocycles. The first-order valence-corrected chi connectivity index (χ1v) is 13.4. The number of nitrogens with zero attached hydrogens (tertiary/aromatic N) is 1. The maximum Gasteiger partial charge on any atom is 0.327 e. The Balaban J connectivity index is 2.30. The number of hydroxylamine groups is 1. The molecule has 0 saturated carbocycles. The number of nitro groups is 1. The van der Waals surface area contributed by atoms with E-state index in [1.807, 2.05) is 5.92 Å². The van der Waals surface area contributed by atoms with Gasteiger partial charge in [0.25, 0.3) is 11.6 Å². The average Bonchev–Trinajstić information content (AvgIpc) is 2.95. The molecule has 0 aliphatic carbocycles. The van der Waals surface area contributed by atoms with Gasteiger partial charge in [-0.05, 0) is 37.7 Å². The number of unbranched alkanes of at least 4 members (excludes halogenated alkanes) is 1. The second-order valence-electron chi connectivity index (χ2n) is 8.67. The van der Waals surface area contributed by atoms with E-state index in [1.54, 1.807) is 0 Å². The van der Waals surface area contributed by atoms with Crippen molar-refractivity contribution >= 4 is 47.1 Å². The standard InChI is InChI=1S/C25H27N5O11S/c1-2-3-12-40-41-26-11-5-4-6-17-23(34)29-19(25(36)37)14-42-20-9-7-15(30(38)39)13-16(20)22(33)27-18(24(35)28-17)8-10-21(31)32/h1,7,9,13,17-19,26H,4-6,8,10-11,14H2,(H,27,33)(H,28,35)(H,29,34)(H,31,32)(H,36,37)/p+1/t17?,18-,19-/m0/s1. The molecule has 0 bridgehead atoms. The van der Waals surface area contributed by atoms with Crippen molar-refractivity contribution in [2.75, 3.05) is 12.3 Å². The van der Waals surface area contributed by atoms with Crippen molar-refractivity contribution in [3.8, 4) is 24.4 Å². The third-order valence-corrected chi connectivity index (χ3v) is 6.85. The third-order valence-electron chi connectivity index (χ3n) is 5.69. The molecule has 1 unspecified atom stereocenters. The Morgan fingerprint density at radius 3 is 2.50 bits per heavy atom. The van der Waals surface area contributed by atoms with Crippen LogP contribution in [-0.2, 0) is 29.1 Å². The first kappa shape index (κ1) is 33.4. The lowest BCUT2D eigenvalue weighted by Gasteiger charge is -2.24. The number of fused-ring (bicyclic) bond motifs is 1. The van der Waals surface area contributed by atoms with Gasteiger partial charge in [-0.1, -0.05) is 0 Å². The van der Waals surface area contributed by atoms with Crippen LogP contribution in [-0.4, -0.2) is 75.2 Å². The number of aliphatic carboxylic acids is 2. The van der Waals surface area contributed by atoms with E-state index >= 15 is 0 Å². The molecule has 7 N–H and O–H groups in total. The minimum atomic E-state index is -1.44. The highest BCUT2D eigenvalue weighted by Crippen LogP contribution is 2.28. The number of carboxylic acid groups (broad SMARTS) is 2. The quantitative estimate of drug-likeness (QED) is 0.0547. The van der Waals surface area contributed by atoms with Gasteiger partial charge in [-0.25, -0.2) is 9.68 Å². The Morgan fingerprint density at radius 2 is 1.83 bits per heavy atom. The van der Waals surface area contributed by atoms with Gasteiger partial charge in [0, 0.05) is 40.1 Å². The van der Waals surface area contributed by atoms with Gasteiger partial charge in [-0.15, -0.1) is 18.2 Å². The zero-order valence-electron chi connectivity index (χ0n) is 22.0. The summed E-state index contributed by atoms with van der Waals surface area (Å²) in [6.07, 6.45) is 7.01. The Kier molecular flexibility index (Phi) is 13.6. The van der Waals surface area contributed by atoms with Gasteiger partial charge in [-0.2, -0.15) is 5.48 Å². The Morgan fingerprint density at radius 1 is 1.12 bits per heavy atom.